The zero-order chi connectivity index (χ0) is 18.1. The Balaban J connectivity index is 1.86. The van der Waals surface area contributed by atoms with Gasteiger partial charge in [-0.15, -0.1) is 0 Å². The summed E-state index contributed by atoms with van der Waals surface area (Å²) in [6.45, 7) is 3.94. The molecule has 0 fully saturated rings. The Morgan fingerprint density at radius 3 is 1.88 bits per heavy atom. The van der Waals surface area contributed by atoms with Crippen LogP contribution in [0.1, 0.15) is 5.56 Å². The van der Waals surface area contributed by atoms with Gasteiger partial charge < -0.3 is 10.2 Å². The van der Waals surface area contributed by atoms with Crippen molar-refractivity contribution in [1.29, 1.82) is 0 Å². The van der Waals surface area contributed by atoms with E-state index >= 15 is 0 Å². The van der Waals surface area contributed by atoms with E-state index in [9.17, 15) is 10.2 Å². The second kappa shape index (κ2) is 6.37. The van der Waals surface area contributed by atoms with E-state index in [1.54, 1.807) is 24.3 Å². The summed E-state index contributed by atoms with van der Waals surface area (Å²) in [4.78, 5) is 4.76. The SMILES string of the molecule is C=Cc1cc(-c2ccc(O)cc2)nc2ccc(-c3ccc(O)cc3)cc12. The molecule has 1 heterocycles. The van der Waals surface area contributed by atoms with Gasteiger partial charge >= 0.3 is 0 Å². The highest BCUT2D eigenvalue weighted by Gasteiger charge is 2.08. The average molecular weight is 339 g/mol. The number of nitrogens with zero attached hydrogens (tertiary/aromatic N) is 1. The van der Waals surface area contributed by atoms with Crippen LogP contribution in [0, 0.1) is 0 Å². The van der Waals surface area contributed by atoms with Crippen LogP contribution in [0.25, 0.3) is 39.4 Å². The maximum absolute atomic E-state index is 9.48. The van der Waals surface area contributed by atoms with Gasteiger partial charge in [-0.1, -0.05) is 30.9 Å². The Morgan fingerprint density at radius 2 is 1.27 bits per heavy atom. The van der Waals surface area contributed by atoms with Crippen LogP contribution < -0.4 is 0 Å². The number of hydrogen-bond acceptors (Lipinski definition) is 3. The number of phenolic OH excluding ortho intramolecular Hbond substituents is 2. The van der Waals surface area contributed by atoms with Crippen molar-refractivity contribution in [3.8, 4) is 33.9 Å². The summed E-state index contributed by atoms with van der Waals surface area (Å²) >= 11 is 0. The van der Waals surface area contributed by atoms with Gasteiger partial charge in [0.15, 0.2) is 0 Å². The molecule has 0 atom stereocenters. The van der Waals surface area contributed by atoms with Gasteiger partial charge in [-0.05, 0) is 71.3 Å². The van der Waals surface area contributed by atoms with Crippen LogP contribution in [0.5, 0.6) is 11.5 Å². The summed E-state index contributed by atoms with van der Waals surface area (Å²) in [5, 5.41) is 20.0. The third kappa shape index (κ3) is 2.91. The van der Waals surface area contributed by atoms with Gasteiger partial charge in [0.2, 0.25) is 0 Å². The van der Waals surface area contributed by atoms with Gasteiger partial charge in [-0.2, -0.15) is 0 Å². The fraction of sp³-hybridized carbons (Fsp3) is 0. The van der Waals surface area contributed by atoms with Crippen molar-refractivity contribution in [2.45, 2.75) is 0 Å². The lowest BCUT2D eigenvalue weighted by atomic mass is 9.99. The first-order chi connectivity index (χ1) is 12.6. The van der Waals surface area contributed by atoms with Crippen molar-refractivity contribution < 1.29 is 10.2 Å². The van der Waals surface area contributed by atoms with Crippen LogP contribution in [0.4, 0.5) is 0 Å². The minimum absolute atomic E-state index is 0.233. The fourth-order valence-corrected chi connectivity index (χ4v) is 3.03. The lowest BCUT2D eigenvalue weighted by molar-refractivity contribution is 0.475. The normalized spacial score (nSPS) is 10.8. The van der Waals surface area contributed by atoms with Gasteiger partial charge in [0.05, 0.1) is 11.2 Å². The molecule has 0 aliphatic heterocycles. The van der Waals surface area contributed by atoms with Crippen molar-refractivity contribution >= 4 is 17.0 Å². The van der Waals surface area contributed by atoms with Crippen molar-refractivity contribution in [3.63, 3.8) is 0 Å². The number of fused-ring (bicyclic) bond motifs is 1. The van der Waals surface area contributed by atoms with E-state index in [-0.39, 0.29) is 11.5 Å². The topological polar surface area (TPSA) is 53.4 Å². The zero-order valence-electron chi connectivity index (χ0n) is 14.1. The molecule has 0 aliphatic carbocycles. The molecule has 126 valence electrons. The molecule has 0 saturated carbocycles. The molecule has 3 heteroatoms. The van der Waals surface area contributed by atoms with Crippen LogP contribution in [-0.2, 0) is 0 Å². The summed E-state index contributed by atoms with van der Waals surface area (Å²) < 4.78 is 0. The molecule has 3 nitrogen and oxygen atoms in total. The molecule has 26 heavy (non-hydrogen) atoms. The van der Waals surface area contributed by atoms with Crippen molar-refractivity contribution in [1.82, 2.24) is 4.98 Å². The first kappa shape index (κ1) is 15.9. The molecular weight excluding hydrogens is 322 g/mol. The molecule has 2 N–H and O–H groups in total. The summed E-state index contributed by atoms with van der Waals surface area (Å²) in [6.07, 6.45) is 1.83. The molecular formula is C23H17NO2. The van der Waals surface area contributed by atoms with Crippen LogP contribution >= 0.6 is 0 Å². The minimum Gasteiger partial charge on any atom is -0.508 e. The molecule has 3 aromatic carbocycles. The molecule has 4 aromatic rings. The third-order valence-electron chi connectivity index (χ3n) is 4.42. The lowest BCUT2D eigenvalue weighted by Gasteiger charge is -2.10. The summed E-state index contributed by atoms with van der Waals surface area (Å²) in [7, 11) is 0. The molecule has 0 unspecified atom stereocenters. The van der Waals surface area contributed by atoms with Crippen molar-refractivity contribution in [3.05, 3.63) is 84.9 Å². The second-order valence-electron chi connectivity index (χ2n) is 6.13. The smallest absolute Gasteiger partial charge is 0.115 e. The molecule has 0 spiro atoms. The zero-order valence-corrected chi connectivity index (χ0v) is 14.1. The molecule has 0 aliphatic rings. The highest BCUT2D eigenvalue weighted by atomic mass is 16.3. The van der Waals surface area contributed by atoms with Crippen LogP contribution in [0.2, 0.25) is 0 Å². The van der Waals surface area contributed by atoms with E-state index in [0.29, 0.717) is 0 Å². The molecule has 0 bridgehead atoms. The van der Waals surface area contributed by atoms with E-state index < -0.39 is 0 Å². The molecule has 0 amide bonds. The van der Waals surface area contributed by atoms with E-state index in [1.165, 1.54) is 0 Å². The number of benzene rings is 3. The Labute approximate surface area is 151 Å². The predicted octanol–water partition coefficient (Wildman–Crippen LogP) is 5.62. The highest BCUT2D eigenvalue weighted by molar-refractivity contribution is 5.93. The lowest BCUT2D eigenvalue weighted by Crippen LogP contribution is -1.90. The number of aromatic nitrogens is 1. The Kier molecular flexibility index (Phi) is 3.90. The summed E-state index contributed by atoms with van der Waals surface area (Å²) in [6, 6.07) is 22.3. The Hall–Kier alpha value is -3.59. The van der Waals surface area contributed by atoms with Gasteiger partial charge in [0.25, 0.3) is 0 Å². The Bertz CT molecular complexity index is 1100. The van der Waals surface area contributed by atoms with E-state index in [0.717, 1.165) is 38.9 Å². The molecule has 0 saturated heterocycles. The monoisotopic (exact) mass is 339 g/mol. The quantitative estimate of drug-likeness (QED) is 0.509. The number of hydrogen-bond donors (Lipinski definition) is 2. The van der Waals surface area contributed by atoms with Crippen molar-refractivity contribution in [2.24, 2.45) is 0 Å². The summed E-state index contributed by atoms with van der Waals surface area (Å²) in [5.41, 5.74) is 5.74. The van der Waals surface area contributed by atoms with Gasteiger partial charge in [-0.25, -0.2) is 4.98 Å². The van der Waals surface area contributed by atoms with Crippen LogP contribution in [0.3, 0.4) is 0 Å². The molecule has 0 radical (unpaired) electrons. The largest absolute Gasteiger partial charge is 0.508 e. The first-order valence-electron chi connectivity index (χ1n) is 8.30. The first-order valence-corrected chi connectivity index (χ1v) is 8.30. The van der Waals surface area contributed by atoms with E-state index in [1.807, 2.05) is 48.5 Å². The fourth-order valence-electron chi connectivity index (χ4n) is 3.03. The minimum atomic E-state index is 0.233. The van der Waals surface area contributed by atoms with Crippen LogP contribution in [-0.4, -0.2) is 15.2 Å². The van der Waals surface area contributed by atoms with Crippen molar-refractivity contribution in [2.75, 3.05) is 0 Å². The number of phenols is 2. The third-order valence-corrected chi connectivity index (χ3v) is 4.42. The number of pyridine rings is 1. The predicted molar refractivity (Wildman–Crippen MR) is 106 cm³/mol. The van der Waals surface area contributed by atoms with Gasteiger partial charge in [-0.3, -0.25) is 0 Å². The van der Waals surface area contributed by atoms with E-state index in [4.69, 9.17) is 4.98 Å². The van der Waals surface area contributed by atoms with Gasteiger partial charge in [0.1, 0.15) is 11.5 Å². The summed E-state index contributed by atoms with van der Waals surface area (Å²) in [5.74, 6) is 0.485. The highest BCUT2D eigenvalue weighted by Crippen LogP contribution is 2.30. The molecule has 4 rings (SSSR count). The molecule has 1 aromatic heterocycles. The number of rotatable bonds is 3. The second-order valence-corrected chi connectivity index (χ2v) is 6.13. The van der Waals surface area contributed by atoms with Crippen LogP contribution in [0.15, 0.2) is 79.4 Å². The maximum Gasteiger partial charge on any atom is 0.115 e. The number of aromatic hydroxyl groups is 2. The Morgan fingerprint density at radius 1 is 0.692 bits per heavy atom. The average Bonchev–Trinajstić information content (AvgIpc) is 2.68. The van der Waals surface area contributed by atoms with E-state index in [2.05, 4.69) is 12.6 Å². The standard InChI is InChI=1S/C23H17NO2/c1-2-15-14-23(17-5-10-20(26)11-6-17)24-22-12-7-18(13-21(15)22)16-3-8-19(25)9-4-16/h2-14,25-26H,1H2. The van der Waals surface area contributed by atoms with Gasteiger partial charge in [0, 0.05) is 10.9 Å². The maximum atomic E-state index is 9.48.